The van der Waals surface area contributed by atoms with Crippen molar-refractivity contribution in [3.63, 3.8) is 0 Å². The van der Waals surface area contributed by atoms with E-state index in [1.807, 2.05) is 37.5 Å². The molecule has 1 aliphatic heterocycles. The standard InChI is InChI=1S/C21H26ClN5/c1-23-20(25-16-21(9-10-21)17-5-7-18(22)8-6-17)27-14-12-26(13-15-27)19-4-2-3-11-24-19/h2-8,11H,9-10,12-16H2,1H3,(H,23,25). The number of rotatable bonds is 4. The minimum atomic E-state index is 0.232. The van der Waals surface area contributed by atoms with Crippen LogP contribution in [-0.4, -0.2) is 55.6 Å². The van der Waals surface area contributed by atoms with Gasteiger partial charge >= 0.3 is 0 Å². The maximum Gasteiger partial charge on any atom is 0.193 e. The summed E-state index contributed by atoms with van der Waals surface area (Å²) in [5.74, 6) is 2.05. The van der Waals surface area contributed by atoms with Crippen LogP contribution in [0.15, 0.2) is 53.7 Å². The molecule has 0 radical (unpaired) electrons. The van der Waals surface area contributed by atoms with Gasteiger partial charge in [0.2, 0.25) is 0 Å². The van der Waals surface area contributed by atoms with Gasteiger partial charge in [0.05, 0.1) is 0 Å². The van der Waals surface area contributed by atoms with Gasteiger partial charge in [0.25, 0.3) is 0 Å². The van der Waals surface area contributed by atoms with Crippen LogP contribution in [0.1, 0.15) is 18.4 Å². The molecule has 1 N–H and O–H groups in total. The second kappa shape index (κ2) is 7.77. The van der Waals surface area contributed by atoms with Crippen LogP contribution in [-0.2, 0) is 5.41 Å². The van der Waals surface area contributed by atoms with Crippen molar-refractivity contribution in [1.29, 1.82) is 0 Å². The Morgan fingerprint density at radius 2 is 1.85 bits per heavy atom. The zero-order valence-electron chi connectivity index (χ0n) is 15.7. The first-order valence-corrected chi connectivity index (χ1v) is 9.96. The summed E-state index contributed by atoms with van der Waals surface area (Å²) in [6.45, 7) is 4.73. The van der Waals surface area contributed by atoms with Gasteiger partial charge in [-0.15, -0.1) is 0 Å². The number of nitrogens with one attached hydrogen (secondary N) is 1. The molecule has 0 atom stereocenters. The second-order valence-electron chi connectivity index (χ2n) is 7.35. The van der Waals surface area contributed by atoms with Gasteiger partial charge in [0.1, 0.15) is 5.82 Å². The molecule has 6 heteroatoms. The molecule has 0 bridgehead atoms. The fraction of sp³-hybridized carbons (Fsp3) is 0.429. The number of hydrogen-bond donors (Lipinski definition) is 1. The van der Waals surface area contributed by atoms with E-state index in [0.717, 1.165) is 49.5 Å². The Labute approximate surface area is 166 Å². The number of aromatic nitrogens is 1. The molecule has 1 aromatic carbocycles. The van der Waals surface area contributed by atoms with E-state index in [1.165, 1.54) is 18.4 Å². The molecule has 1 aromatic heterocycles. The minimum Gasteiger partial charge on any atom is -0.355 e. The molecule has 4 rings (SSSR count). The van der Waals surface area contributed by atoms with Crippen LogP contribution in [0.25, 0.3) is 0 Å². The Morgan fingerprint density at radius 3 is 2.44 bits per heavy atom. The third kappa shape index (κ3) is 4.03. The number of benzene rings is 1. The lowest BCUT2D eigenvalue weighted by Crippen LogP contribution is -2.53. The zero-order valence-corrected chi connectivity index (χ0v) is 16.5. The Kier molecular flexibility index (Phi) is 5.21. The van der Waals surface area contributed by atoms with Crippen molar-refractivity contribution >= 4 is 23.4 Å². The van der Waals surface area contributed by atoms with E-state index in [0.29, 0.717) is 0 Å². The van der Waals surface area contributed by atoms with E-state index >= 15 is 0 Å². The first-order valence-electron chi connectivity index (χ1n) is 9.58. The lowest BCUT2D eigenvalue weighted by atomic mass is 9.96. The van der Waals surface area contributed by atoms with Crippen LogP contribution in [0.5, 0.6) is 0 Å². The topological polar surface area (TPSA) is 43.8 Å². The molecule has 0 amide bonds. The summed E-state index contributed by atoms with van der Waals surface area (Å²) < 4.78 is 0. The van der Waals surface area contributed by atoms with Gasteiger partial charge in [0, 0.05) is 56.4 Å². The molecule has 2 aliphatic rings. The van der Waals surface area contributed by atoms with Crippen molar-refractivity contribution in [3.05, 3.63) is 59.2 Å². The normalized spacial score (nSPS) is 19.1. The number of piperazine rings is 1. The quantitative estimate of drug-likeness (QED) is 0.650. The molecular weight excluding hydrogens is 358 g/mol. The van der Waals surface area contributed by atoms with Gasteiger partial charge in [-0.25, -0.2) is 4.98 Å². The number of halogens is 1. The van der Waals surface area contributed by atoms with E-state index in [-0.39, 0.29) is 5.41 Å². The number of aliphatic imine (C=N–C) groups is 1. The van der Waals surface area contributed by atoms with E-state index in [9.17, 15) is 0 Å². The predicted octanol–water partition coefficient (Wildman–Crippen LogP) is 3.16. The van der Waals surface area contributed by atoms with Crippen LogP contribution in [0.3, 0.4) is 0 Å². The summed E-state index contributed by atoms with van der Waals surface area (Å²) in [7, 11) is 1.87. The van der Waals surface area contributed by atoms with E-state index in [1.54, 1.807) is 0 Å². The van der Waals surface area contributed by atoms with Crippen molar-refractivity contribution in [2.24, 2.45) is 4.99 Å². The van der Waals surface area contributed by atoms with E-state index in [2.05, 4.69) is 43.3 Å². The van der Waals surface area contributed by atoms with Gasteiger partial charge in [-0.2, -0.15) is 0 Å². The molecule has 5 nitrogen and oxygen atoms in total. The molecule has 2 fully saturated rings. The Morgan fingerprint density at radius 1 is 1.11 bits per heavy atom. The smallest absolute Gasteiger partial charge is 0.193 e. The van der Waals surface area contributed by atoms with Crippen molar-refractivity contribution in [2.75, 3.05) is 44.7 Å². The summed E-state index contributed by atoms with van der Waals surface area (Å²) in [6.07, 6.45) is 4.28. The average molecular weight is 384 g/mol. The summed E-state index contributed by atoms with van der Waals surface area (Å²) in [6, 6.07) is 14.4. The predicted molar refractivity (Wildman–Crippen MR) is 112 cm³/mol. The Hall–Kier alpha value is -2.27. The highest BCUT2D eigenvalue weighted by Crippen LogP contribution is 2.47. The highest BCUT2D eigenvalue weighted by Gasteiger charge is 2.44. The van der Waals surface area contributed by atoms with Crippen LogP contribution in [0, 0.1) is 0 Å². The summed E-state index contributed by atoms with van der Waals surface area (Å²) in [5.41, 5.74) is 1.60. The molecule has 27 heavy (non-hydrogen) atoms. The highest BCUT2D eigenvalue weighted by atomic mass is 35.5. The van der Waals surface area contributed by atoms with Crippen molar-refractivity contribution in [2.45, 2.75) is 18.3 Å². The SMILES string of the molecule is CN=C(NCC1(c2ccc(Cl)cc2)CC1)N1CCN(c2ccccn2)CC1. The van der Waals surface area contributed by atoms with Crippen molar-refractivity contribution in [1.82, 2.24) is 15.2 Å². The molecule has 142 valence electrons. The monoisotopic (exact) mass is 383 g/mol. The van der Waals surface area contributed by atoms with E-state index < -0.39 is 0 Å². The maximum absolute atomic E-state index is 6.04. The van der Waals surface area contributed by atoms with Crippen molar-refractivity contribution < 1.29 is 0 Å². The summed E-state index contributed by atoms with van der Waals surface area (Å²) in [5, 5.41) is 4.41. The van der Waals surface area contributed by atoms with Gasteiger partial charge in [-0.1, -0.05) is 29.8 Å². The minimum absolute atomic E-state index is 0.232. The molecular formula is C21H26ClN5. The first kappa shape index (κ1) is 18.1. The fourth-order valence-electron chi connectivity index (χ4n) is 3.79. The second-order valence-corrected chi connectivity index (χ2v) is 7.79. The highest BCUT2D eigenvalue weighted by molar-refractivity contribution is 6.30. The average Bonchev–Trinajstić information content (AvgIpc) is 3.51. The third-order valence-electron chi connectivity index (χ3n) is 5.66. The molecule has 0 spiro atoms. The first-order chi connectivity index (χ1) is 13.2. The van der Waals surface area contributed by atoms with Crippen LogP contribution < -0.4 is 10.2 Å². The van der Waals surface area contributed by atoms with Gasteiger partial charge in [-0.3, -0.25) is 4.99 Å². The van der Waals surface area contributed by atoms with Crippen LogP contribution in [0.2, 0.25) is 5.02 Å². The van der Waals surface area contributed by atoms with Gasteiger partial charge in [-0.05, 0) is 42.7 Å². The molecule has 1 aliphatic carbocycles. The van der Waals surface area contributed by atoms with Crippen LogP contribution >= 0.6 is 11.6 Å². The molecule has 2 aromatic rings. The summed E-state index contributed by atoms with van der Waals surface area (Å²) >= 11 is 6.04. The fourth-order valence-corrected chi connectivity index (χ4v) is 3.92. The van der Waals surface area contributed by atoms with Gasteiger partial charge in [0.15, 0.2) is 5.96 Å². The molecule has 1 saturated heterocycles. The maximum atomic E-state index is 6.04. The van der Waals surface area contributed by atoms with Crippen molar-refractivity contribution in [3.8, 4) is 0 Å². The number of anilines is 1. The molecule has 1 saturated carbocycles. The third-order valence-corrected chi connectivity index (χ3v) is 5.91. The largest absolute Gasteiger partial charge is 0.355 e. The lowest BCUT2D eigenvalue weighted by Gasteiger charge is -2.37. The Balaban J connectivity index is 1.33. The molecule has 0 unspecified atom stereocenters. The number of pyridine rings is 1. The number of guanidine groups is 1. The van der Waals surface area contributed by atoms with Crippen LogP contribution in [0.4, 0.5) is 5.82 Å². The Bertz CT molecular complexity index is 778. The zero-order chi connectivity index (χ0) is 18.7. The molecule has 2 heterocycles. The lowest BCUT2D eigenvalue weighted by molar-refractivity contribution is 0.369. The summed E-state index contributed by atoms with van der Waals surface area (Å²) in [4.78, 5) is 13.7. The number of hydrogen-bond acceptors (Lipinski definition) is 3. The van der Waals surface area contributed by atoms with E-state index in [4.69, 9.17) is 11.6 Å². The van der Waals surface area contributed by atoms with Gasteiger partial charge < -0.3 is 15.1 Å². The number of nitrogens with zero attached hydrogens (tertiary/aromatic N) is 4.